The number of hydrogen-bond acceptors (Lipinski definition) is 14. The summed E-state index contributed by atoms with van der Waals surface area (Å²) in [5.41, 5.74) is 0. The van der Waals surface area contributed by atoms with Gasteiger partial charge in [-0.05, 0) is 12.8 Å². The smallest absolute Gasteiger partial charge is 0.465 e. The molecule has 6 saturated heterocycles. The van der Waals surface area contributed by atoms with E-state index in [9.17, 15) is 4.79 Å². The van der Waals surface area contributed by atoms with Crippen molar-refractivity contribution in [3.63, 3.8) is 0 Å². The zero-order chi connectivity index (χ0) is 30.5. The van der Waals surface area contributed by atoms with Crippen LogP contribution >= 0.6 is 0 Å². The Morgan fingerprint density at radius 1 is 0.571 bits per heavy atom. The molecule has 22 heteroatoms. The summed E-state index contributed by atoms with van der Waals surface area (Å²) >= 11 is 0. The van der Waals surface area contributed by atoms with Crippen molar-refractivity contribution in [2.75, 3.05) is 6.61 Å². The predicted octanol–water partition coefficient (Wildman–Crippen LogP) is 3.64. The third kappa shape index (κ3) is 6.21. The molecule has 8 bridgehead atoms. The third-order valence-electron chi connectivity index (χ3n) is 8.11. The fourth-order valence-electron chi connectivity index (χ4n) is 5.36. The highest BCUT2D eigenvalue weighted by molar-refractivity contribution is 7.01. The molecule has 0 N–H and O–H groups in total. The van der Waals surface area contributed by atoms with Crippen molar-refractivity contribution in [2.45, 2.75) is 111 Å². The third-order valence-corrected chi connectivity index (χ3v) is 43.3. The molecule has 5 unspecified atom stereocenters. The second kappa shape index (κ2) is 12.4. The first-order chi connectivity index (χ1) is 19.9. The number of hydrogen-bond donors (Lipinski definition) is 0. The first kappa shape index (κ1) is 34.1. The van der Waals surface area contributed by atoms with Crippen molar-refractivity contribution in [1.82, 2.24) is 0 Å². The van der Waals surface area contributed by atoms with Crippen molar-refractivity contribution >= 4 is 77.1 Å². The van der Waals surface area contributed by atoms with Gasteiger partial charge < -0.3 is 54.1 Å². The van der Waals surface area contributed by atoms with Crippen molar-refractivity contribution < 1.29 is 58.9 Å². The Morgan fingerprint density at radius 3 is 1.26 bits per heavy atom. The Bertz CT molecular complexity index is 972. The van der Waals surface area contributed by atoms with Crippen molar-refractivity contribution in [1.29, 1.82) is 0 Å². The monoisotopic (exact) mass is 734 g/mol. The lowest BCUT2D eigenvalue weighted by atomic mass is 10.1. The fourth-order valence-corrected chi connectivity index (χ4v) is 52.2. The summed E-state index contributed by atoms with van der Waals surface area (Å²) in [6.07, 6.45) is 1.13. The van der Waals surface area contributed by atoms with E-state index in [1.54, 1.807) is 0 Å². The van der Waals surface area contributed by atoms with Crippen LogP contribution in [0.3, 0.4) is 0 Å². The van der Waals surface area contributed by atoms with Crippen LogP contribution in [-0.4, -0.2) is 83.7 Å². The van der Waals surface area contributed by atoms with Gasteiger partial charge in [0.2, 0.25) is 0 Å². The van der Waals surface area contributed by atoms with Crippen LogP contribution in [-0.2, 0) is 58.9 Å². The second-order valence-electron chi connectivity index (χ2n) is 11.0. The number of esters is 1. The summed E-state index contributed by atoms with van der Waals surface area (Å²) < 4.78 is 89.1. The first-order valence-electron chi connectivity index (χ1n) is 15.4. The van der Waals surface area contributed by atoms with Gasteiger partial charge in [0.1, 0.15) is 0 Å². The van der Waals surface area contributed by atoms with Crippen LogP contribution in [0.4, 0.5) is 0 Å². The minimum atomic E-state index is -3.80. The highest BCUT2D eigenvalue weighted by Crippen LogP contribution is 2.51. The first-order valence-corrected chi connectivity index (χ1v) is 30.3. The molecule has 0 radical (unpaired) electrons. The minimum Gasteiger partial charge on any atom is -0.465 e. The zero-order valence-electron chi connectivity index (χ0n) is 25.9. The molecule has 14 nitrogen and oxygen atoms in total. The van der Waals surface area contributed by atoms with Gasteiger partial charge >= 0.3 is 77.1 Å². The molecular weight excluding hydrogens is 689 g/mol. The molecule has 6 fully saturated rings. The molecule has 242 valence electrons. The molecule has 0 amide bonds. The molecule has 5 atom stereocenters. The molecule has 42 heavy (non-hydrogen) atoms. The number of carbonyl (C=O) groups is 1. The molecule has 0 aromatic carbocycles. The lowest BCUT2D eigenvalue weighted by molar-refractivity contribution is -0.148. The molecule has 0 aliphatic carbocycles. The lowest BCUT2D eigenvalue weighted by Gasteiger charge is -2.61. The van der Waals surface area contributed by atoms with Crippen LogP contribution < -0.4 is 0 Å². The second-order valence-corrected chi connectivity index (χ2v) is 36.1. The number of carbonyl (C=O) groups excluding carboxylic acids is 1. The van der Waals surface area contributed by atoms with E-state index < -0.39 is 71.2 Å². The van der Waals surface area contributed by atoms with E-state index in [1.165, 1.54) is 0 Å². The summed E-state index contributed by atoms with van der Waals surface area (Å²) in [6.45, 7) is 15.7. The van der Waals surface area contributed by atoms with Crippen LogP contribution in [0, 0.1) is 5.92 Å². The standard InChI is InChI=1S/C20H46O14Si8/c1-9-19(8)20(21)22-17-16-18-42-30-37(11-3)24-35-23-36(10-2)26-39(13-5,28-37)32-41(15-7,34-42)33-40(14-6,27-36)29-38(12-4,25-35)31-42/h19,35H,9-18H2,1-8H3. The summed E-state index contributed by atoms with van der Waals surface area (Å²) in [5.74, 6) is -0.419. The molecular formula is C20H46O14Si8. The average molecular weight is 735 g/mol. The quantitative estimate of drug-likeness (QED) is 0.164. The fraction of sp³-hybridized carbons (Fsp3) is 0.950. The van der Waals surface area contributed by atoms with Crippen molar-refractivity contribution in [3.8, 4) is 0 Å². The zero-order valence-corrected chi connectivity index (χ0v) is 34.1. The molecule has 6 aliphatic heterocycles. The van der Waals surface area contributed by atoms with Crippen LogP contribution in [0.2, 0.25) is 42.3 Å². The Morgan fingerprint density at radius 2 is 0.905 bits per heavy atom. The molecule has 6 heterocycles. The largest absolute Gasteiger partial charge is 0.479 e. The predicted molar refractivity (Wildman–Crippen MR) is 163 cm³/mol. The van der Waals surface area contributed by atoms with Crippen LogP contribution in [0.25, 0.3) is 0 Å². The van der Waals surface area contributed by atoms with Gasteiger partial charge in [-0.1, -0.05) is 55.4 Å². The summed E-state index contributed by atoms with van der Waals surface area (Å²) in [4.78, 5) is 12.4. The number of ether oxygens (including phenoxy) is 1. The van der Waals surface area contributed by atoms with E-state index in [0.717, 1.165) is 0 Å². The highest BCUT2D eigenvalue weighted by atomic mass is 28.6. The van der Waals surface area contributed by atoms with Crippen LogP contribution in [0.1, 0.15) is 68.2 Å². The average Bonchev–Trinajstić information content (AvgIpc) is 2.93. The van der Waals surface area contributed by atoms with E-state index in [4.69, 9.17) is 54.1 Å². The molecule has 0 saturated carbocycles. The van der Waals surface area contributed by atoms with Gasteiger partial charge in [0.25, 0.3) is 0 Å². The molecule has 6 rings (SSSR count). The van der Waals surface area contributed by atoms with E-state index in [2.05, 4.69) is 0 Å². The van der Waals surface area contributed by atoms with Crippen molar-refractivity contribution in [2.24, 2.45) is 5.92 Å². The maximum atomic E-state index is 12.4. The highest BCUT2D eigenvalue weighted by Gasteiger charge is 2.79. The maximum Gasteiger partial charge on any atom is 0.479 e. The maximum absolute atomic E-state index is 12.4. The van der Waals surface area contributed by atoms with Gasteiger partial charge in [0.15, 0.2) is 0 Å². The lowest BCUT2D eigenvalue weighted by Crippen LogP contribution is -2.86. The van der Waals surface area contributed by atoms with Gasteiger partial charge in [-0.3, -0.25) is 4.79 Å². The Hall–Kier alpha value is 0.725. The van der Waals surface area contributed by atoms with Crippen molar-refractivity contribution in [3.05, 3.63) is 0 Å². The van der Waals surface area contributed by atoms with Crippen LogP contribution in [0.15, 0.2) is 0 Å². The Kier molecular flexibility index (Phi) is 10.1. The summed E-state index contributed by atoms with van der Waals surface area (Å²) in [7, 11) is -28.5. The van der Waals surface area contributed by atoms with Gasteiger partial charge in [0, 0.05) is 42.3 Å². The topological polar surface area (TPSA) is 137 Å². The summed E-state index contributed by atoms with van der Waals surface area (Å²) in [5, 5.41) is 0. The minimum absolute atomic E-state index is 0.180. The van der Waals surface area contributed by atoms with E-state index >= 15 is 0 Å². The normalized spacial score (nSPS) is 46.8. The van der Waals surface area contributed by atoms with E-state index in [-0.39, 0.29) is 18.5 Å². The summed E-state index contributed by atoms with van der Waals surface area (Å²) in [6, 6.07) is 2.75. The molecule has 0 aromatic rings. The van der Waals surface area contributed by atoms with Gasteiger partial charge in [-0.25, -0.2) is 0 Å². The SMILES string of the molecule is CCC(C)C(=O)OCCC[Si]12O[Si]3(CC)O[SiH]4O[Si]5(CC)O[Si](CC)(O3)O[Si](CC)(O[Si](CC)(O5)O[Si](CC)(O4)O1)O2. The van der Waals surface area contributed by atoms with Gasteiger partial charge in [-0.15, -0.1) is 0 Å². The molecule has 6 aliphatic rings. The van der Waals surface area contributed by atoms with E-state index in [0.29, 0.717) is 55.2 Å². The number of rotatable bonds is 12. The van der Waals surface area contributed by atoms with E-state index in [1.807, 2.05) is 55.4 Å². The molecule has 0 spiro atoms. The van der Waals surface area contributed by atoms with Gasteiger partial charge in [0.05, 0.1) is 12.5 Å². The Balaban J connectivity index is 1.64. The van der Waals surface area contributed by atoms with Crippen LogP contribution in [0.5, 0.6) is 0 Å². The Labute approximate surface area is 258 Å². The van der Waals surface area contributed by atoms with Gasteiger partial charge in [-0.2, -0.15) is 0 Å². The molecule has 0 aromatic heterocycles.